The van der Waals surface area contributed by atoms with E-state index >= 15 is 0 Å². The molecule has 0 radical (unpaired) electrons. The fourth-order valence-corrected chi connectivity index (χ4v) is 5.33. The molecule has 168 valence electrons. The van der Waals surface area contributed by atoms with Crippen LogP contribution in [0.25, 0.3) is 0 Å². The van der Waals surface area contributed by atoms with E-state index in [1.807, 2.05) is 84.7 Å². The zero-order chi connectivity index (χ0) is 22.8. The van der Waals surface area contributed by atoms with Gasteiger partial charge in [0.1, 0.15) is 0 Å². The number of hydrogen-bond donors (Lipinski definition) is 0. The second-order valence-electron chi connectivity index (χ2n) is 9.09. The zero-order valence-electron chi connectivity index (χ0n) is 18.9. The fourth-order valence-electron chi connectivity index (χ4n) is 5.05. The third-order valence-corrected chi connectivity index (χ3v) is 7.22. The van der Waals surface area contributed by atoms with Crippen LogP contribution >= 0.6 is 11.6 Å². The summed E-state index contributed by atoms with van der Waals surface area (Å²) in [7, 11) is 1.94. The normalized spacial score (nSPS) is 17.0. The Bertz CT molecular complexity index is 1240. The highest BCUT2D eigenvalue weighted by Gasteiger charge is 2.35. The molecular formula is C28H28ClN3O. The zero-order valence-corrected chi connectivity index (χ0v) is 19.6. The van der Waals surface area contributed by atoms with Crippen LogP contribution < -0.4 is 10.7 Å². The summed E-state index contributed by atoms with van der Waals surface area (Å²) in [6.07, 6.45) is 6.47. The number of amides is 1. The van der Waals surface area contributed by atoms with Crippen LogP contribution in [-0.2, 0) is 12.1 Å². The van der Waals surface area contributed by atoms with E-state index in [1.165, 1.54) is 19.3 Å². The molecule has 0 N–H and O–H groups in total. The van der Waals surface area contributed by atoms with E-state index in [0.717, 1.165) is 40.2 Å². The lowest BCUT2D eigenvalue weighted by Gasteiger charge is -2.31. The number of nitrogens with zero attached hydrogens (tertiary/aromatic N) is 3. The standard InChI is InChI=1S/C28H28ClN3O/c1-32(22-9-3-2-4-10-22)27(33)21-17-15-20(16-18-21)19-28(23-11-5-6-12-24(23)29)30-25-13-7-8-14-26(25)31-28/h5-8,11-18,22H,2-4,9-10,19H2,1H3. The number of carbonyl (C=O) groups is 1. The van der Waals surface area contributed by atoms with E-state index in [2.05, 4.69) is 0 Å². The van der Waals surface area contributed by atoms with Crippen molar-refractivity contribution >= 4 is 17.5 Å². The third-order valence-electron chi connectivity index (χ3n) is 6.89. The molecule has 4 nitrogen and oxygen atoms in total. The summed E-state index contributed by atoms with van der Waals surface area (Å²) in [4.78, 5) is 25.0. The highest BCUT2D eigenvalue weighted by molar-refractivity contribution is 6.31. The Morgan fingerprint density at radius 3 is 2.15 bits per heavy atom. The van der Waals surface area contributed by atoms with Crippen LogP contribution in [0.5, 0.6) is 0 Å². The lowest BCUT2D eigenvalue weighted by Crippen LogP contribution is -2.38. The average molecular weight is 458 g/mol. The van der Waals surface area contributed by atoms with Crippen molar-refractivity contribution in [3.8, 4) is 0 Å². The van der Waals surface area contributed by atoms with Crippen LogP contribution in [0.4, 0.5) is 0 Å². The molecule has 0 aromatic heterocycles. The van der Waals surface area contributed by atoms with Crippen LogP contribution in [0.15, 0.2) is 82.8 Å². The molecule has 3 aromatic carbocycles. The molecule has 1 fully saturated rings. The van der Waals surface area contributed by atoms with Gasteiger partial charge in [-0.05, 0) is 48.7 Å². The van der Waals surface area contributed by atoms with Crippen LogP contribution in [0.3, 0.4) is 0 Å². The molecule has 1 aliphatic heterocycles. The topological polar surface area (TPSA) is 45.0 Å². The summed E-state index contributed by atoms with van der Waals surface area (Å²) in [5, 5.41) is 2.40. The average Bonchev–Trinajstić information content (AvgIpc) is 3.23. The van der Waals surface area contributed by atoms with Crippen molar-refractivity contribution in [1.29, 1.82) is 0 Å². The van der Waals surface area contributed by atoms with Gasteiger partial charge in [-0.1, -0.05) is 73.3 Å². The van der Waals surface area contributed by atoms with Crippen molar-refractivity contribution < 1.29 is 4.79 Å². The first-order valence-electron chi connectivity index (χ1n) is 11.7. The summed E-state index contributed by atoms with van der Waals surface area (Å²) in [6, 6.07) is 24.0. The second-order valence-corrected chi connectivity index (χ2v) is 9.50. The van der Waals surface area contributed by atoms with E-state index in [0.29, 0.717) is 17.5 Å². The quantitative estimate of drug-likeness (QED) is 0.526. The lowest BCUT2D eigenvalue weighted by atomic mass is 9.92. The maximum Gasteiger partial charge on any atom is 0.253 e. The van der Waals surface area contributed by atoms with Gasteiger partial charge in [0.25, 0.3) is 5.91 Å². The largest absolute Gasteiger partial charge is 0.339 e. The summed E-state index contributed by atoms with van der Waals surface area (Å²) in [5.41, 5.74) is 1.86. The Kier molecular flexibility index (Phi) is 6.03. The molecule has 1 aliphatic carbocycles. The summed E-state index contributed by atoms with van der Waals surface area (Å²) in [6.45, 7) is 0. The Balaban J connectivity index is 1.44. The molecule has 0 atom stereocenters. The van der Waals surface area contributed by atoms with Gasteiger partial charge in [-0.25, -0.2) is 9.98 Å². The smallest absolute Gasteiger partial charge is 0.253 e. The van der Waals surface area contributed by atoms with Crippen LogP contribution in [0.2, 0.25) is 5.02 Å². The first-order chi connectivity index (χ1) is 16.1. The van der Waals surface area contributed by atoms with Gasteiger partial charge in [0.2, 0.25) is 0 Å². The summed E-state index contributed by atoms with van der Waals surface area (Å²) in [5.74, 6) is 0.0944. The van der Waals surface area contributed by atoms with Crippen molar-refractivity contribution in [1.82, 2.24) is 4.90 Å². The number of fused-ring (bicyclic) bond motifs is 1. The SMILES string of the molecule is CN(C(=O)c1ccc(CC2(c3ccccc3Cl)N=c3ccccc3=N2)cc1)C1CCCCC1. The van der Waals surface area contributed by atoms with E-state index < -0.39 is 5.66 Å². The van der Waals surface area contributed by atoms with Crippen molar-refractivity contribution in [2.24, 2.45) is 9.98 Å². The minimum atomic E-state index is -0.813. The van der Waals surface area contributed by atoms with Gasteiger partial charge in [-0.15, -0.1) is 0 Å². The molecular weight excluding hydrogens is 430 g/mol. The molecule has 5 heteroatoms. The number of halogens is 1. The minimum absolute atomic E-state index is 0.0944. The monoisotopic (exact) mass is 457 g/mol. The number of carbonyl (C=O) groups excluding carboxylic acids is 1. The summed E-state index contributed by atoms with van der Waals surface area (Å²) < 4.78 is 0. The Labute approximate surface area is 199 Å². The number of para-hydroxylation sites is 2. The Hall–Kier alpha value is -2.98. The molecule has 2 aliphatic rings. The lowest BCUT2D eigenvalue weighted by molar-refractivity contribution is 0.0696. The van der Waals surface area contributed by atoms with Gasteiger partial charge in [0.05, 0.1) is 10.7 Å². The Morgan fingerprint density at radius 1 is 0.909 bits per heavy atom. The molecule has 1 amide bonds. The molecule has 0 saturated heterocycles. The summed E-state index contributed by atoms with van der Waals surface area (Å²) >= 11 is 6.61. The minimum Gasteiger partial charge on any atom is -0.339 e. The van der Waals surface area contributed by atoms with E-state index in [-0.39, 0.29) is 5.91 Å². The predicted molar refractivity (Wildman–Crippen MR) is 131 cm³/mol. The van der Waals surface area contributed by atoms with Gasteiger partial charge < -0.3 is 4.90 Å². The number of rotatable bonds is 5. The van der Waals surface area contributed by atoms with E-state index in [4.69, 9.17) is 21.6 Å². The number of benzene rings is 3. The first-order valence-corrected chi connectivity index (χ1v) is 12.1. The van der Waals surface area contributed by atoms with Gasteiger partial charge in [-0.2, -0.15) is 0 Å². The molecule has 3 aromatic rings. The molecule has 0 bridgehead atoms. The molecule has 1 heterocycles. The Morgan fingerprint density at radius 2 is 1.52 bits per heavy atom. The van der Waals surface area contributed by atoms with Crippen molar-refractivity contribution in [2.75, 3.05) is 7.05 Å². The fraction of sp³-hybridized carbons (Fsp3) is 0.321. The van der Waals surface area contributed by atoms with Gasteiger partial charge in [0.15, 0.2) is 5.66 Å². The van der Waals surface area contributed by atoms with Crippen molar-refractivity contribution in [3.05, 3.63) is 105 Å². The second kappa shape index (κ2) is 9.11. The first kappa shape index (κ1) is 21.8. The van der Waals surface area contributed by atoms with Gasteiger partial charge in [-0.3, -0.25) is 4.79 Å². The van der Waals surface area contributed by atoms with Crippen LogP contribution in [0, 0.1) is 0 Å². The molecule has 0 spiro atoms. The van der Waals surface area contributed by atoms with Crippen molar-refractivity contribution in [2.45, 2.75) is 50.2 Å². The van der Waals surface area contributed by atoms with E-state index in [9.17, 15) is 4.79 Å². The predicted octanol–water partition coefficient (Wildman–Crippen LogP) is 5.09. The van der Waals surface area contributed by atoms with Crippen LogP contribution in [-0.4, -0.2) is 23.9 Å². The van der Waals surface area contributed by atoms with E-state index in [1.54, 1.807) is 0 Å². The maximum atomic E-state index is 13.0. The highest BCUT2D eigenvalue weighted by atomic mass is 35.5. The number of hydrogen-bond acceptors (Lipinski definition) is 3. The van der Waals surface area contributed by atoms with Gasteiger partial charge in [0, 0.05) is 35.7 Å². The van der Waals surface area contributed by atoms with Crippen molar-refractivity contribution in [3.63, 3.8) is 0 Å². The molecule has 1 saturated carbocycles. The third kappa shape index (κ3) is 4.32. The van der Waals surface area contributed by atoms with Gasteiger partial charge >= 0.3 is 0 Å². The molecule has 0 unspecified atom stereocenters. The highest BCUT2D eigenvalue weighted by Crippen LogP contribution is 2.36. The molecule has 33 heavy (non-hydrogen) atoms. The molecule has 5 rings (SSSR count). The maximum absolute atomic E-state index is 13.0. The van der Waals surface area contributed by atoms with Crippen LogP contribution in [0.1, 0.15) is 53.6 Å².